The van der Waals surface area contributed by atoms with Crippen LogP contribution in [0.15, 0.2) is 53.4 Å². The van der Waals surface area contributed by atoms with E-state index in [1.807, 2.05) is 30.3 Å². The summed E-state index contributed by atoms with van der Waals surface area (Å²) in [4.78, 5) is 17.2. The van der Waals surface area contributed by atoms with E-state index < -0.39 is 0 Å². The van der Waals surface area contributed by atoms with Gasteiger partial charge in [-0.3, -0.25) is 9.69 Å². The Labute approximate surface area is 199 Å². The van der Waals surface area contributed by atoms with Crippen molar-refractivity contribution in [3.8, 4) is 11.5 Å². The number of thiocarbonyl (C=S) groups is 1. The van der Waals surface area contributed by atoms with Crippen LogP contribution in [0.2, 0.25) is 0 Å². The fourth-order valence-electron chi connectivity index (χ4n) is 3.12. The molecule has 0 unspecified atom stereocenters. The lowest BCUT2D eigenvalue weighted by atomic mass is 10.2. The smallest absolute Gasteiger partial charge is 0.270 e. The van der Waals surface area contributed by atoms with Gasteiger partial charge in [0.15, 0.2) is 4.32 Å². The van der Waals surface area contributed by atoms with Crippen molar-refractivity contribution in [2.45, 2.75) is 20.3 Å². The van der Waals surface area contributed by atoms with Crippen LogP contribution in [0.1, 0.15) is 25.8 Å². The maximum absolute atomic E-state index is 12.8. The fourth-order valence-corrected chi connectivity index (χ4v) is 4.42. The van der Waals surface area contributed by atoms with Gasteiger partial charge in [-0.2, -0.15) is 0 Å². The quantitative estimate of drug-likeness (QED) is 0.298. The van der Waals surface area contributed by atoms with Crippen molar-refractivity contribution in [3.05, 3.63) is 59.0 Å². The summed E-state index contributed by atoms with van der Waals surface area (Å²) in [5.41, 5.74) is 1.56. The zero-order valence-electron chi connectivity index (χ0n) is 17.6. The lowest BCUT2D eigenvalue weighted by molar-refractivity contribution is -0.113. The topological polar surface area (TPSA) is 53.0 Å². The summed E-state index contributed by atoms with van der Waals surface area (Å²) in [5, 5.41) is 9.45. The third-order valence-electron chi connectivity index (χ3n) is 4.86. The first-order chi connectivity index (χ1) is 14.5. The first-order valence-electron chi connectivity index (χ1n) is 10.0. The molecule has 1 N–H and O–H groups in total. The number of phenolic OH excluding ortho intramolecular Hbond substituents is 1. The van der Waals surface area contributed by atoms with E-state index in [-0.39, 0.29) is 24.1 Å². The molecule has 5 nitrogen and oxygen atoms in total. The molecule has 0 aliphatic carbocycles. The number of anilines is 1. The molecule has 1 aliphatic heterocycles. The van der Waals surface area contributed by atoms with E-state index in [4.69, 9.17) is 17.0 Å². The highest BCUT2D eigenvalue weighted by Crippen LogP contribution is 2.36. The van der Waals surface area contributed by atoms with E-state index in [2.05, 4.69) is 18.7 Å². The number of thioether (sulfide) groups is 1. The van der Waals surface area contributed by atoms with Crippen LogP contribution in [0.25, 0.3) is 6.08 Å². The third kappa shape index (κ3) is 6.71. The molecule has 2 aromatic rings. The number of hydrogen-bond acceptors (Lipinski definition) is 6. The van der Waals surface area contributed by atoms with Crippen molar-refractivity contribution >= 4 is 58.4 Å². The average molecular weight is 479 g/mol. The molecular weight excluding hydrogens is 452 g/mol. The van der Waals surface area contributed by atoms with Crippen LogP contribution < -0.4 is 9.64 Å². The normalized spacial score (nSPS) is 14.9. The Balaban J connectivity index is 0.00000341. The second-order valence-electron chi connectivity index (χ2n) is 6.83. The molecule has 0 bridgehead atoms. The zero-order valence-corrected chi connectivity index (χ0v) is 20.1. The molecular formula is C23H27ClN2O3S2. The minimum Gasteiger partial charge on any atom is -0.508 e. The highest BCUT2D eigenvalue weighted by atomic mass is 35.5. The Morgan fingerprint density at radius 1 is 1.10 bits per heavy atom. The molecule has 2 aromatic carbocycles. The molecule has 0 radical (unpaired) electrons. The van der Waals surface area contributed by atoms with Gasteiger partial charge < -0.3 is 14.7 Å². The summed E-state index contributed by atoms with van der Waals surface area (Å²) in [6, 6.07) is 14.1. The number of rotatable bonds is 9. The minimum atomic E-state index is -0.160. The number of phenols is 1. The Hall–Kier alpha value is -2.06. The second-order valence-corrected chi connectivity index (χ2v) is 8.51. The van der Waals surface area contributed by atoms with Crippen molar-refractivity contribution in [2.75, 3.05) is 31.1 Å². The zero-order chi connectivity index (χ0) is 21.5. The minimum absolute atomic E-state index is 0. The molecule has 8 heteroatoms. The second kappa shape index (κ2) is 12.1. The van der Waals surface area contributed by atoms with Gasteiger partial charge in [-0.1, -0.05) is 50.0 Å². The van der Waals surface area contributed by atoms with Gasteiger partial charge >= 0.3 is 0 Å². The molecule has 166 valence electrons. The van der Waals surface area contributed by atoms with Gasteiger partial charge in [0.1, 0.15) is 11.5 Å². The summed E-state index contributed by atoms with van der Waals surface area (Å²) in [7, 11) is 0. The van der Waals surface area contributed by atoms with Crippen LogP contribution >= 0.6 is 36.4 Å². The van der Waals surface area contributed by atoms with E-state index in [0.29, 0.717) is 21.5 Å². The molecule has 0 aromatic heterocycles. The van der Waals surface area contributed by atoms with Gasteiger partial charge in [-0.25, -0.2) is 0 Å². The van der Waals surface area contributed by atoms with Crippen molar-refractivity contribution in [3.63, 3.8) is 0 Å². The molecule has 1 saturated heterocycles. The highest BCUT2D eigenvalue weighted by molar-refractivity contribution is 8.27. The lowest BCUT2D eigenvalue weighted by Gasteiger charge is -2.17. The number of carbonyl (C=O) groups is 1. The van der Waals surface area contributed by atoms with E-state index in [0.717, 1.165) is 37.4 Å². The van der Waals surface area contributed by atoms with Gasteiger partial charge in [0.05, 0.1) is 17.2 Å². The summed E-state index contributed by atoms with van der Waals surface area (Å²) in [5.74, 6) is 0.811. The third-order valence-corrected chi connectivity index (χ3v) is 6.16. The van der Waals surface area contributed by atoms with Gasteiger partial charge in [0.2, 0.25) is 0 Å². The monoisotopic (exact) mass is 478 g/mol. The Kier molecular flexibility index (Phi) is 9.84. The van der Waals surface area contributed by atoms with Crippen molar-refractivity contribution in [2.24, 2.45) is 0 Å². The van der Waals surface area contributed by atoms with Gasteiger partial charge in [0, 0.05) is 6.54 Å². The van der Waals surface area contributed by atoms with E-state index >= 15 is 0 Å². The van der Waals surface area contributed by atoms with Crippen LogP contribution in [0.4, 0.5) is 5.69 Å². The number of amides is 1. The number of nitrogens with zero attached hydrogens (tertiary/aromatic N) is 2. The highest BCUT2D eigenvalue weighted by Gasteiger charge is 2.33. The summed E-state index contributed by atoms with van der Waals surface area (Å²) < 4.78 is 6.30. The van der Waals surface area contributed by atoms with Gasteiger partial charge in [0.25, 0.3) is 5.91 Å². The molecule has 31 heavy (non-hydrogen) atoms. The number of aromatic hydroxyl groups is 1. The molecule has 1 fully saturated rings. The first kappa shape index (κ1) is 25.2. The van der Waals surface area contributed by atoms with E-state index in [1.54, 1.807) is 24.3 Å². The lowest BCUT2D eigenvalue weighted by Crippen LogP contribution is -2.27. The number of hydrogen-bond donors (Lipinski definition) is 1. The Morgan fingerprint density at radius 2 is 1.74 bits per heavy atom. The molecule has 0 saturated carbocycles. The standard InChI is InChI=1S/C23H26N2O3S2.ClH/c1-3-24(4-2)14-5-15-28-20-12-6-17(7-13-20)16-21-22(27)25(23(29)30-21)18-8-10-19(26)11-9-18;/h6-13,16,26H,3-5,14-15H2,1-2H3;1H. The maximum Gasteiger partial charge on any atom is 0.270 e. The van der Waals surface area contributed by atoms with Crippen LogP contribution in [0.5, 0.6) is 11.5 Å². The summed E-state index contributed by atoms with van der Waals surface area (Å²) in [6.45, 7) is 8.17. The molecule has 0 spiro atoms. The Morgan fingerprint density at radius 3 is 2.35 bits per heavy atom. The predicted molar refractivity (Wildman–Crippen MR) is 135 cm³/mol. The number of carbonyl (C=O) groups excluding carboxylic acids is 1. The van der Waals surface area contributed by atoms with Crippen molar-refractivity contribution < 1.29 is 14.6 Å². The number of halogens is 1. The molecule has 0 atom stereocenters. The van der Waals surface area contributed by atoms with Crippen LogP contribution in [0.3, 0.4) is 0 Å². The molecule has 1 heterocycles. The van der Waals surface area contributed by atoms with Gasteiger partial charge in [-0.05, 0) is 67.5 Å². The molecule has 1 aliphatic rings. The van der Waals surface area contributed by atoms with Crippen LogP contribution in [-0.4, -0.2) is 46.5 Å². The summed E-state index contributed by atoms with van der Waals surface area (Å²) >= 11 is 6.66. The number of ether oxygens (including phenoxy) is 1. The maximum atomic E-state index is 12.8. The van der Waals surface area contributed by atoms with E-state index in [9.17, 15) is 9.90 Å². The summed E-state index contributed by atoms with van der Waals surface area (Å²) in [6.07, 6.45) is 2.83. The molecule has 3 rings (SSSR count). The van der Waals surface area contributed by atoms with E-state index in [1.165, 1.54) is 16.7 Å². The average Bonchev–Trinajstić information content (AvgIpc) is 3.03. The van der Waals surface area contributed by atoms with Crippen molar-refractivity contribution in [1.29, 1.82) is 0 Å². The predicted octanol–water partition coefficient (Wildman–Crippen LogP) is 5.33. The first-order valence-corrected chi connectivity index (χ1v) is 11.3. The largest absolute Gasteiger partial charge is 0.508 e. The number of benzene rings is 2. The Bertz CT molecular complexity index is 913. The SMILES string of the molecule is CCN(CC)CCCOc1ccc(C=C2SC(=S)N(c3ccc(O)cc3)C2=O)cc1.Cl. The molecule has 1 amide bonds. The van der Waals surface area contributed by atoms with Crippen LogP contribution in [0, 0.1) is 0 Å². The van der Waals surface area contributed by atoms with Crippen LogP contribution in [-0.2, 0) is 4.79 Å². The van der Waals surface area contributed by atoms with Gasteiger partial charge in [-0.15, -0.1) is 12.4 Å². The van der Waals surface area contributed by atoms with Crippen molar-refractivity contribution in [1.82, 2.24) is 4.90 Å². The fraction of sp³-hybridized carbons (Fsp3) is 0.304.